The van der Waals surface area contributed by atoms with E-state index < -0.39 is 59.5 Å². The number of aryl methyl sites for hydroxylation is 1. The van der Waals surface area contributed by atoms with Crippen molar-refractivity contribution in [3.63, 3.8) is 0 Å². The summed E-state index contributed by atoms with van der Waals surface area (Å²) < 4.78 is 12.4. The van der Waals surface area contributed by atoms with Crippen LogP contribution in [0.5, 0.6) is 0 Å². The van der Waals surface area contributed by atoms with E-state index in [1.54, 1.807) is 31.2 Å². The number of ether oxygens (including phenoxy) is 2. The summed E-state index contributed by atoms with van der Waals surface area (Å²) in [5, 5.41) is 13.8. The number of esters is 1. The molecular formula is C34H45BrClN3O7. The first-order valence-corrected chi connectivity index (χ1v) is 17.2. The van der Waals surface area contributed by atoms with E-state index in [0.29, 0.717) is 30.0 Å². The molecule has 10 nitrogen and oxygen atoms in total. The lowest BCUT2D eigenvalue weighted by Gasteiger charge is -2.41. The number of hydrogen-bond donors (Lipinski definition) is 2. The number of allylic oxidation sites excluding steroid dienone is 1. The maximum atomic E-state index is 14.9. The SMILES string of the molecule is C=CCCC(=O)NC[C@@H](C)OC(=O)[C@@H]1[C@H]2O[C@@]3(CC2Br)[C@H](C(=O)N(CC=C)c2c(C)cccc2Cl)N([C@@H](CO)[C@@H](C)CC)C(=O)[C@@H]13. The number of benzene rings is 1. The molecule has 9 atom stereocenters. The minimum Gasteiger partial charge on any atom is -0.460 e. The number of rotatable bonds is 15. The van der Waals surface area contributed by atoms with Gasteiger partial charge in [0, 0.05) is 17.8 Å². The highest BCUT2D eigenvalue weighted by Crippen LogP contribution is 2.61. The topological polar surface area (TPSA) is 125 Å². The van der Waals surface area contributed by atoms with Crippen molar-refractivity contribution in [3.05, 3.63) is 54.1 Å². The highest BCUT2D eigenvalue weighted by Gasteiger charge is 2.77. The van der Waals surface area contributed by atoms with Crippen LogP contribution in [-0.2, 0) is 28.7 Å². The zero-order chi connectivity index (χ0) is 33.9. The molecule has 0 saturated carbocycles. The van der Waals surface area contributed by atoms with Crippen LogP contribution >= 0.6 is 27.5 Å². The molecule has 1 unspecified atom stereocenters. The number of likely N-dealkylation sites (tertiary alicyclic amines) is 1. The summed E-state index contributed by atoms with van der Waals surface area (Å²) in [6.45, 7) is 14.7. The monoisotopic (exact) mass is 721 g/mol. The number of nitrogens with one attached hydrogen (secondary N) is 1. The Bertz CT molecular complexity index is 1340. The lowest BCUT2D eigenvalue weighted by molar-refractivity contribution is -0.160. The largest absolute Gasteiger partial charge is 0.460 e. The molecule has 3 aliphatic rings. The molecular weight excluding hydrogens is 678 g/mol. The van der Waals surface area contributed by atoms with Crippen LogP contribution in [0.15, 0.2) is 43.5 Å². The van der Waals surface area contributed by atoms with E-state index in [-0.39, 0.29) is 42.8 Å². The maximum absolute atomic E-state index is 14.9. The Balaban J connectivity index is 1.74. The Kier molecular flexibility index (Phi) is 11.8. The molecule has 252 valence electrons. The fourth-order valence-electron chi connectivity index (χ4n) is 7.22. The minimum atomic E-state index is -1.37. The van der Waals surface area contributed by atoms with Crippen molar-refractivity contribution in [2.45, 2.75) is 88.1 Å². The fraction of sp³-hybridized carbons (Fsp3) is 0.588. The third-order valence-corrected chi connectivity index (χ3v) is 10.7. The van der Waals surface area contributed by atoms with Gasteiger partial charge in [-0.25, -0.2) is 0 Å². The quantitative estimate of drug-likeness (QED) is 0.157. The number of aliphatic hydroxyl groups is 1. The van der Waals surface area contributed by atoms with Gasteiger partial charge in [0.2, 0.25) is 11.8 Å². The molecule has 12 heteroatoms. The average molecular weight is 723 g/mol. The van der Waals surface area contributed by atoms with Gasteiger partial charge in [-0.05, 0) is 44.2 Å². The van der Waals surface area contributed by atoms with Gasteiger partial charge in [-0.2, -0.15) is 0 Å². The number of alkyl halides is 1. The fourth-order valence-corrected chi connectivity index (χ4v) is 8.49. The van der Waals surface area contributed by atoms with Crippen molar-refractivity contribution in [1.29, 1.82) is 0 Å². The zero-order valence-electron chi connectivity index (χ0n) is 26.9. The van der Waals surface area contributed by atoms with Crippen LogP contribution < -0.4 is 10.2 Å². The van der Waals surface area contributed by atoms with Crippen LogP contribution in [0.25, 0.3) is 0 Å². The molecule has 3 aliphatic heterocycles. The molecule has 1 aromatic carbocycles. The van der Waals surface area contributed by atoms with Crippen LogP contribution in [0.1, 0.15) is 52.0 Å². The van der Waals surface area contributed by atoms with Gasteiger partial charge in [0.15, 0.2) is 0 Å². The van der Waals surface area contributed by atoms with Crippen molar-refractivity contribution < 1.29 is 33.8 Å². The maximum Gasteiger partial charge on any atom is 0.312 e. The molecule has 3 saturated heterocycles. The number of fused-ring (bicyclic) bond motifs is 1. The van der Waals surface area contributed by atoms with E-state index in [2.05, 4.69) is 34.4 Å². The number of carbonyl (C=O) groups is 4. The predicted molar refractivity (Wildman–Crippen MR) is 180 cm³/mol. The molecule has 3 amide bonds. The number of nitrogens with zero attached hydrogens (tertiary/aromatic N) is 2. The van der Waals surface area contributed by atoms with Crippen molar-refractivity contribution in [1.82, 2.24) is 10.2 Å². The Labute approximate surface area is 284 Å². The van der Waals surface area contributed by atoms with E-state index in [9.17, 15) is 24.3 Å². The summed E-state index contributed by atoms with van der Waals surface area (Å²) in [6.07, 6.45) is 3.58. The molecule has 46 heavy (non-hydrogen) atoms. The number of hydrogen-bond acceptors (Lipinski definition) is 7. The second kappa shape index (κ2) is 15.0. The summed E-state index contributed by atoms with van der Waals surface area (Å²) in [7, 11) is 0. The number of aliphatic hydroxyl groups excluding tert-OH is 1. The molecule has 2 N–H and O–H groups in total. The van der Waals surface area contributed by atoms with Crippen LogP contribution in [0.3, 0.4) is 0 Å². The highest BCUT2D eigenvalue weighted by atomic mass is 79.9. The van der Waals surface area contributed by atoms with Gasteiger partial charge < -0.3 is 29.7 Å². The molecule has 0 aliphatic carbocycles. The normalized spacial score (nSPS) is 28.3. The highest BCUT2D eigenvalue weighted by molar-refractivity contribution is 9.09. The molecule has 0 radical (unpaired) electrons. The smallest absolute Gasteiger partial charge is 0.312 e. The summed E-state index contributed by atoms with van der Waals surface area (Å²) in [5.41, 5.74) is -0.113. The number of carbonyl (C=O) groups excluding carboxylic acids is 4. The Morgan fingerprint density at radius 2 is 2.02 bits per heavy atom. The molecule has 1 spiro atoms. The lowest BCUT2D eigenvalue weighted by Crippen LogP contribution is -2.60. The van der Waals surface area contributed by atoms with E-state index in [1.807, 2.05) is 26.8 Å². The van der Waals surface area contributed by atoms with Crippen molar-refractivity contribution in [2.75, 3.05) is 24.6 Å². The van der Waals surface area contributed by atoms with Gasteiger partial charge in [0.25, 0.3) is 5.91 Å². The average Bonchev–Trinajstić information content (AvgIpc) is 3.61. The second-order valence-electron chi connectivity index (χ2n) is 12.6. The summed E-state index contributed by atoms with van der Waals surface area (Å²) >= 11 is 10.3. The third-order valence-electron chi connectivity index (χ3n) is 9.59. The summed E-state index contributed by atoms with van der Waals surface area (Å²) in [5.74, 6) is -3.87. The first-order valence-electron chi connectivity index (χ1n) is 15.9. The number of para-hydroxylation sites is 1. The molecule has 4 rings (SSSR count). The standard InChI is InChI=1S/C34H45BrClN3O7/c1-7-10-14-25(41)37-17-21(6)45-33(44)26-27-31(42)39(24(18-40)19(4)9-3)30(34(27)16-22(35)29(26)46-34)32(43)38(15-8-2)28-20(5)12-11-13-23(28)36/h7-8,11-13,19,21-22,24,26-27,29-30,40H,1-2,9-10,14-18H2,3-6H3,(H,37,41)/t19-,21+,22?,24-,26-,27+,29-,30-,34+/m0/s1. The van der Waals surface area contributed by atoms with Gasteiger partial charge in [0.1, 0.15) is 17.7 Å². The number of halogens is 2. The molecule has 2 bridgehead atoms. The van der Waals surface area contributed by atoms with Gasteiger partial charge in [0.05, 0.1) is 47.8 Å². The predicted octanol–water partition coefficient (Wildman–Crippen LogP) is 4.34. The Morgan fingerprint density at radius 3 is 2.63 bits per heavy atom. The van der Waals surface area contributed by atoms with E-state index in [1.165, 1.54) is 9.80 Å². The first kappa shape index (κ1) is 36.1. The lowest BCUT2D eigenvalue weighted by atomic mass is 9.70. The van der Waals surface area contributed by atoms with E-state index in [0.717, 1.165) is 5.56 Å². The summed E-state index contributed by atoms with van der Waals surface area (Å²) in [4.78, 5) is 58.1. The van der Waals surface area contributed by atoms with Crippen LogP contribution in [0, 0.1) is 24.7 Å². The first-order chi connectivity index (χ1) is 21.9. The molecule has 3 fully saturated rings. The summed E-state index contributed by atoms with van der Waals surface area (Å²) in [6, 6.07) is 3.48. The van der Waals surface area contributed by atoms with Gasteiger partial charge in [-0.15, -0.1) is 13.2 Å². The number of amides is 3. The zero-order valence-corrected chi connectivity index (χ0v) is 29.3. The molecule has 3 heterocycles. The van der Waals surface area contributed by atoms with Gasteiger partial charge >= 0.3 is 5.97 Å². The minimum absolute atomic E-state index is 0.100. The van der Waals surface area contributed by atoms with Crippen LogP contribution in [0.2, 0.25) is 5.02 Å². The molecule has 0 aromatic heterocycles. The number of anilines is 1. The van der Waals surface area contributed by atoms with Crippen molar-refractivity contribution >= 4 is 56.9 Å². The third kappa shape index (κ3) is 6.53. The van der Waals surface area contributed by atoms with Crippen LogP contribution in [0.4, 0.5) is 5.69 Å². The van der Waals surface area contributed by atoms with Crippen molar-refractivity contribution in [2.24, 2.45) is 17.8 Å². The Morgan fingerprint density at radius 1 is 1.30 bits per heavy atom. The van der Waals surface area contributed by atoms with Gasteiger partial charge in [-0.3, -0.25) is 19.2 Å². The Hall–Kier alpha value is -2.73. The van der Waals surface area contributed by atoms with Crippen molar-refractivity contribution in [3.8, 4) is 0 Å². The van der Waals surface area contributed by atoms with E-state index >= 15 is 0 Å². The molecule has 1 aromatic rings. The van der Waals surface area contributed by atoms with Crippen LogP contribution in [-0.4, -0.2) is 88.1 Å². The second-order valence-corrected chi connectivity index (χ2v) is 14.1. The van der Waals surface area contributed by atoms with Gasteiger partial charge in [-0.1, -0.05) is 72.1 Å². The van der Waals surface area contributed by atoms with E-state index in [4.69, 9.17) is 21.1 Å².